The Morgan fingerprint density at radius 3 is 2.57 bits per heavy atom. The van der Waals surface area contributed by atoms with Crippen LogP contribution in [-0.4, -0.2) is 15.7 Å². The van der Waals surface area contributed by atoms with Crippen molar-refractivity contribution in [2.24, 2.45) is 0 Å². The minimum atomic E-state index is -0.262. The number of anilines is 1. The van der Waals surface area contributed by atoms with Crippen LogP contribution in [-0.2, 0) is 6.54 Å². The predicted octanol–water partition coefficient (Wildman–Crippen LogP) is 4.49. The van der Waals surface area contributed by atoms with Gasteiger partial charge in [0.1, 0.15) is 0 Å². The van der Waals surface area contributed by atoms with E-state index in [4.69, 9.17) is 23.2 Å². The van der Waals surface area contributed by atoms with Crippen LogP contribution in [0.25, 0.3) is 0 Å². The van der Waals surface area contributed by atoms with Crippen molar-refractivity contribution in [2.75, 3.05) is 5.32 Å². The average Bonchev–Trinajstić information content (AvgIpc) is 2.97. The van der Waals surface area contributed by atoms with Gasteiger partial charge in [0.2, 0.25) is 0 Å². The lowest BCUT2D eigenvalue weighted by Gasteiger charge is -2.04. The molecule has 3 rings (SSSR count). The molecular formula is C17H13Cl2N3O. The molecule has 23 heavy (non-hydrogen) atoms. The number of aromatic nitrogens is 2. The first-order valence-electron chi connectivity index (χ1n) is 6.94. The Bertz CT molecular complexity index is 828. The van der Waals surface area contributed by atoms with E-state index in [0.717, 1.165) is 5.56 Å². The van der Waals surface area contributed by atoms with E-state index in [1.807, 2.05) is 24.3 Å². The molecule has 0 fully saturated rings. The zero-order chi connectivity index (χ0) is 16.2. The van der Waals surface area contributed by atoms with Crippen molar-refractivity contribution in [3.05, 3.63) is 82.1 Å². The summed E-state index contributed by atoms with van der Waals surface area (Å²) in [6.07, 6.45) is 3.37. The molecule has 0 saturated heterocycles. The third-order valence-corrected chi connectivity index (χ3v) is 3.85. The SMILES string of the molecule is O=C(Nc1cnn(Cc2ccc(Cl)cc2)c1)c1ccccc1Cl. The predicted molar refractivity (Wildman–Crippen MR) is 92.2 cm³/mol. The highest BCUT2D eigenvalue weighted by atomic mass is 35.5. The van der Waals surface area contributed by atoms with E-state index in [0.29, 0.717) is 27.8 Å². The summed E-state index contributed by atoms with van der Waals surface area (Å²) in [4.78, 5) is 12.2. The lowest BCUT2D eigenvalue weighted by molar-refractivity contribution is 0.102. The number of rotatable bonds is 4. The Kier molecular flexibility index (Phi) is 4.65. The van der Waals surface area contributed by atoms with E-state index < -0.39 is 0 Å². The first-order valence-corrected chi connectivity index (χ1v) is 7.70. The average molecular weight is 346 g/mol. The first kappa shape index (κ1) is 15.6. The number of hydrogen-bond acceptors (Lipinski definition) is 2. The van der Waals surface area contributed by atoms with Crippen LogP contribution in [0.5, 0.6) is 0 Å². The molecular weight excluding hydrogens is 333 g/mol. The van der Waals surface area contributed by atoms with Crippen molar-refractivity contribution in [1.29, 1.82) is 0 Å². The Hall–Kier alpha value is -2.30. The van der Waals surface area contributed by atoms with E-state index in [1.165, 1.54) is 0 Å². The molecule has 0 spiro atoms. The Morgan fingerprint density at radius 1 is 1.09 bits per heavy atom. The summed E-state index contributed by atoms with van der Waals surface area (Å²) >= 11 is 11.9. The van der Waals surface area contributed by atoms with Crippen LogP contribution in [0.2, 0.25) is 10.0 Å². The molecule has 0 aliphatic heterocycles. The van der Waals surface area contributed by atoms with E-state index in [1.54, 1.807) is 41.3 Å². The minimum absolute atomic E-state index is 0.262. The molecule has 0 radical (unpaired) electrons. The molecule has 0 atom stereocenters. The van der Waals surface area contributed by atoms with E-state index >= 15 is 0 Å². The molecule has 1 heterocycles. The number of benzene rings is 2. The third kappa shape index (κ3) is 3.92. The molecule has 0 aliphatic carbocycles. The maximum atomic E-state index is 12.2. The molecule has 3 aromatic rings. The van der Waals surface area contributed by atoms with Gasteiger partial charge in [-0.2, -0.15) is 5.10 Å². The Balaban J connectivity index is 1.69. The molecule has 6 heteroatoms. The molecule has 0 aliphatic rings. The summed E-state index contributed by atoms with van der Waals surface area (Å²) in [5.74, 6) is -0.262. The smallest absolute Gasteiger partial charge is 0.257 e. The zero-order valence-corrected chi connectivity index (χ0v) is 13.6. The second-order valence-electron chi connectivity index (χ2n) is 4.99. The first-order chi connectivity index (χ1) is 11.1. The molecule has 4 nitrogen and oxygen atoms in total. The van der Waals surface area contributed by atoms with Crippen LogP contribution in [0.15, 0.2) is 60.9 Å². The lowest BCUT2D eigenvalue weighted by atomic mass is 10.2. The Labute approximate surface area is 143 Å². The van der Waals surface area contributed by atoms with Crippen LogP contribution >= 0.6 is 23.2 Å². The highest BCUT2D eigenvalue weighted by Gasteiger charge is 2.10. The number of carbonyl (C=O) groups is 1. The van der Waals surface area contributed by atoms with Crippen molar-refractivity contribution in [3.8, 4) is 0 Å². The van der Waals surface area contributed by atoms with Crippen molar-refractivity contribution >= 4 is 34.8 Å². The van der Waals surface area contributed by atoms with Crippen LogP contribution < -0.4 is 5.32 Å². The molecule has 0 unspecified atom stereocenters. The van der Waals surface area contributed by atoms with Gasteiger partial charge in [0, 0.05) is 11.2 Å². The molecule has 1 amide bonds. The minimum Gasteiger partial charge on any atom is -0.319 e. The van der Waals surface area contributed by atoms with Crippen molar-refractivity contribution in [1.82, 2.24) is 9.78 Å². The van der Waals surface area contributed by atoms with Gasteiger partial charge in [0.15, 0.2) is 0 Å². The van der Waals surface area contributed by atoms with Crippen molar-refractivity contribution in [3.63, 3.8) is 0 Å². The Morgan fingerprint density at radius 2 is 1.83 bits per heavy atom. The summed E-state index contributed by atoms with van der Waals surface area (Å²) in [7, 11) is 0. The normalized spacial score (nSPS) is 10.5. The summed E-state index contributed by atoms with van der Waals surface area (Å²) < 4.78 is 1.74. The van der Waals surface area contributed by atoms with Gasteiger partial charge in [-0.1, -0.05) is 47.5 Å². The summed E-state index contributed by atoms with van der Waals surface area (Å²) in [5.41, 5.74) is 2.12. The molecule has 2 aromatic carbocycles. The topological polar surface area (TPSA) is 46.9 Å². The summed E-state index contributed by atoms with van der Waals surface area (Å²) in [5, 5.41) is 8.14. The van der Waals surface area contributed by atoms with E-state index in [9.17, 15) is 4.79 Å². The molecule has 0 bridgehead atoms. The van der Waals surface area contributed by atoms with Gasteiger partial charge in [-0.25, -0.2) is 0 Å². The fourth-order valence-corrected chi connectivity index (χ4v) is 2.48. The molecule has 0 saturated carbocycles. The van der Waals surface area contributed by atoms with Gasteiger partial charge >= 0.3 is 0 Å². The van der Waals surface area contributed by atoms with Gasteiger partial charge in [-0.15, -0.1) is 0 Å². The van der Waals surface area contributed by atoms with Crippen molar-refractivity contribution < 1.29 is 4.79 Å². The zero-order valence-electron chi connectivity index (χ0n) is 12.0. The fraction of sp³-hybridized carbons (Fsp3) is 0.0588. The standard InChI is InChI=1S/C17H13Cl2N3O/c18-13-7-5-12(6-8-13)10-22-11-14(9-20-22)21-17(23)15-3-1-2-4-16(15)19/h1-9,11H,10H2,(H,21,23). The summed E-state index contributed by atoms with van der Waals surface area (Å²) in [6, 6.07) is 14.4. The number of halogens is 2. The van der Waals surface area contributed by atoms with Gasteiger partial charge in [-0.3, -0.25) is 9.48 Å². The number of nitrogens with zero attached hydrogens (tertiary/aromatic N) is 2. The second kappa shape index (κ2) is 6.86. The van der Waals surface area contributed by atoms with Crippen LogP contribution in [0.4, 0.5) is 5.69 Å². The number of nitrogens with one attached hydrogen (secondary N) is 1. The van der Waals surface area contributed by atoms with Crippen LogP contribution in [0.1, 0.15) is 15.9 Å². The lowest BCUT2D eigenvalue weighted by Crippen LogP contribution is -2.11. The maximum absolute atomic E-state index is 12.2. The molecule has 116 valence electrons. The monoisotopic (exact) mass is 345 g/mol. The third-order valence-electron chi connectivity index (χ3n) is 3.27. The van der Waals surface area contributed by atoms with Gasteiger partial charge in [0.25, 0.3) is 5.91 Å². The molecule has 1 N–H and O–H groups in total. The number of carbonyl (C=O) groups excluding carboxylic acids is 1. The maximum Gasteiger partial charge on any atom is 0.257 e. The van der Waals surface area contributed by atoms with Gasteiger partial charge < -0.3 is 5.32 Å². The van der Waals surface area contributed by atoms with Crippen LogP contribution in [0, 0.1) is 0 Å². The largest absolute Gasteiger partial charge is 0.319 e. The number of amides is 1. The van der Waals surface area contributed by atoms with E-state index in [-0.39, 0.29) is 5.91 Å². The molecule has 1 aromatic heterocycles. The second-order valence-corrected chi connectivity index (χ2v) is 5.83. The van der Waals surface area contributed by atoms with Crippen LogP contribution in [0.3, 0.4) is 0 Å². The quantitative estimate of drug-likeness (QED) is 0.757. The summed E-state index contributed by atoms with van der Waals surface area (Å²) in [6.45, 7) is 0.596. The van der Waals surface area contributed by atoms with Crippen molar-refractivity contribution in [2.45, 2.75) is 6.54 Å². The number of hydrogen-bond donors (Lipinski definition) is 1. The fourth-order valence-electron chi connectivity index (χ4n) is 2.14. The van der Waals surface area contributed by atoms with Gasteiger partial charge in [0.05, 0.1) is 29.0 Å². The highest BCUT2D eigenvalue weighted by Crippen LogP contribution is 2.17. The highest BCUT2D eigenvalue weighted by molar-refractivity contribution is 6.34. The van der Waals surface area contributed by atoms with E-state index in [2.05, 4.69) is 10.4 Å². The van der Waals surface area contributed by atoms with Gasteiger partial charge in [-0.05, 0) is 29.8 Å².